The fraction of sp³-hybridized carbons (Fsp3) is 0.273. The molecule has 0 amide bonds. The van der Waals surface area contributed by atoms with Gasteiger partial charge in [-0.3, -0.25) is 4.98 Å². The standard InChI is InChI=1S/C20H20N4O2.C2H6/c1-4-26-19-10-18-15(9-17(19)22)20(16(11-21)12(2)23-18)24-13-5-7-14(25-3)8-6-13;1-2/h5-10H,4,22H2,1-3H3,(H,23,24);1-2H3. The van der Waals surface area contributed by atoms with Gasteiger partial charge in [-0.05, 0) is 44.2 Å². The van der Waals surface area contributed by atoms with Gasteiger partial charge in [0.2, 0.25) is 0 Å². The molecule has 0 aliphatic carbocycles. The van der Waals surface area contributed by atoms with Gasteiger partial charge in [0.15, 0.2) is 0 Å². The normalized spacial score (nSPS) is 9.86. The number of methoxy groups -OCH3 is 1. The molecule has 6 nitrogen and oxygen atoms in total. The van der Waals surface area contributed by atoms with Gasteiger partial charge in [0.1, 0.15) is 17.6 Å². The molecule has 0 saturated carbocycles. The third-order valence-electron chi connectivity index (χ3n) is 4.07. The predicted molar refractivity (Wildman–Crippen MR) is 114 cm³/mol. The van der Waals surface area contributed by atoms with Crippen molar-refractivity contribution in [2.24, 2.45) is 0 Å². The van der Waals surface area contributed by atoms with Crippen molar-refractivity contribution in [3.05, 3.63) is 47.7 Å². The molecular formula is C22H26N4O2. The number of nitrogens with one attached hydrogen (secondary N) is 1. The summed E-state index contributed by atoms with van der Waals surface area (Å²) in [6, 6.07) is 13.3. The first-order valence-electron chi connectivity index (χ1n) is 9.25. The smallest absolute Gasteiger partial charge is 0.144 e. The Bertz CT molecular complexity index is 992. The average Bonchev–Trinajstić information content (AvgIpc) is 2.71. The van der Waals surface area contributed by atoms with E-state index in [4.69, 9.17) is 15.2 Å². The molecule has 1 aromatic heterocycles. The van der Waals surface area contributed by atoms with Crippen molar-refractivity contribution in [3.63, 3.8) is 0 Å². The molecule has 0 spiro atoms. The van der Waals surface area contributed by atoms with E-state index in [2.05, 4.69) is 16.4 Å². The maximum Gasteiger partial charge on any atom is 0.144 e. The van der Waals surface area contributed by atoms with Crippen LogP contribution in [0.5, 0.6) is 11.5 Å². The van der Waals surface area contributed by atoms with Gasteiger partial charge >= 0.3 is 0 Å². The van der Waals surface area contributed by atoms with E-state index in [0.717, 1.165) is 22.3 Å². The second-order valence-corrected chi connectivity index (χ2v) is 5.75. The minimum absolute atomic E-state index is 0.483. The van der Waals surface area contributed by atoms with Crippen molar-refractivity contribution in [2.45, 2.75) is 27.7 Å². The summed E-state index contributed by atoms with van der Waals surface area (Å²) >= 11 is 0. The zero-order valence-electron chi connectivity index (χ0n) is 17.0. The molecule has 0 radical (unpaired) electrons. The largest absolute Gasteiger partial charge is 0.497 e. The Balaban J connectivity index is 0.00000136. The van der Waals surface area contributed by atoms with Crippen LogP contribution in [0.1, 0.15) is 32.0 Å². The maximum atomic E-state index is 9.62. The topological polar surface area (TPSA) is 93.2 Å². The Kier molecular flexibility index (Phi) is 7.05. The first kappa shape index (κ1) is 20.8. The first-order chi connectivity index (χ1) is 13.6. The van der Waals surface area contributed by atoms with Crippen molar-refractivity contribution < 1.29 is 9.47 Å². The molecule has 3 rings (SSSR count). The van der Waals surface area contributed by atoms with Crippen LogP contribution in [-0.4, -0.2) is 18.7 Å². The molecule has 2 aromatic carbocycles. The minimum atomic E-state index is 0.483. The number of nitrogens with zero attached hydrogens (tertiary/aromatic N) is 2. The summed E-state index contributed by atoms with van der Waals surface area (Å²) in [5.74, 6) is 1.35. The summed E-state index contributed by atoms with van der Waals surface area (Å²) < 4.78 is 10.7. The lowest BCUT2D eigenvalue weighted by molar-refractivity contribution is 0.342. The van der Waals surface area contributed by atoms with E-state index in [1.807, 2.05) is 58.0 Å². The van der Waals surface area contributed by atoms with E-state index < -0.39 is 0 Å². The van der Waals surface area contributed by atoms with E-state index in [-0.39, 0.29) is 0 Å². The van der Waals surface area contributed by atoms with Crippen LogP contribution in [-0.2, 0) is 0 Å². The fourth-order valence-corrected chi connectivity index (χ4v) is 2.80. The summed E-state index contributed by atoms with van der Waals surface area (Å²) in [5, 5.41) is 13.7. The number of aryl methyl sites for hydroxylation is 1. The molecule has 0 bridgehead atoms. The number of hydrogen-bond donors (Lipinski definition) is 2. The second kappa shape index (κ2) is 9.47. The lowest BCUT2D eigenvalue weighted by Crippen LogP contribution is -2.02. The Morgan fingerprint density at radius 3 is 2.43 bits per heavy atom. The molecule has 0 fully saturated rings. The van der Waals surface area contributed by atoms with Gasteiger partial charge in [-0.1, -0.05) is 13.8 Å². The van der Waals surface area contributed by atoms with Gasteiger partial charge in [-0.25, -0.2) is 0 Å². The van der Waals surface area contributed by atoms with Crippen LogP contribution < -0.4 is 20.5 Å². The van der Waals surface area contributed by atoms with E-state index in [1.54, 1.807) is 13.2 Å². The zero-order chi connectivity index (χ0) is 20.7. The van der Waals surface area contributed by atoms with E-state index in [9.17, 15) is 5.26 Å². The Hall–Kier alpha value is -3.46. The number of ether oxygens (including phenoxy) is 2. The number of nitrogens with two attached hydrogens (primary N) is 1. The summed E-state index contributed by atoms with van der Waals surface area (Å²) in [4.78, 5) is 4.54. The highest BCUT2D eigenvalue weighted by atomic mass is 16.5. The Morgan fingerprint density at radius 2 is 1.86 bits per heavy atom. The third kappa shape index (κ3) is 4.26. The van der Waals surface area contributed by atoms with Crippen LogP contribution in [0.25, 0.3) is 10.9 Å². The highest BCUT2D eigenvalue weighted by Crippen LogP contribution is 2.36. The van der Waals surface area contributed by atoms with Crippen LogP contribution in [0.15, 0.2) is 36.4 Å². The van der Waals surface area contributed by atoms with E-state index >= 15 is 0 Å². The van der Waals surface area contributed by atoms with Gasteiger partial charge in [-0.2, -0.15) is 5.26 Å². The average molecular weight is 378 g/mol. The summed E-state index contributed by atoms with van der Waals surface area (Å²) in [7, 11) is 1.62. The molecule has 146 valence electrons. The van der Waals surface area contributed by atoms with E-state index in [1.165, 1.54) is 0 Å². The number of anilines is 3. The Labute approximate surface area is 165 Å². The quantitative estimate of drug-likeness (QED) is 0.595. The molecule has 0 unspecified atom stereocenters. The summed E-state index contributed by atoms with van der Waals surface area (Å²) in [5.41, 5.74) is 9.98. The van der Waals surface area contributed by atoms with Crippen molar-refractivity contribution >= 4 is 28.0 Å². The number of rotatable bonds is 5. The van der Waals surface area contributed by atoms with Crippen molar-refractivity contribution in [2.75, 3.05) is 24.8 Å². The number of nitrogen functional groups attached to an aromatic ring is 1. The van der Waals surface area contributed by atoms with Gasteiger partial charge < -0.3 is 20.5 Å². The fourth-order valence-electron chi connectivity index (χ4n) is 2.80. The minimum Gasteiger partial charge on any atom is -0.497 e. The van der Waals surface area contributed by atoms with Crippen LogP contribution in [0.4, 0.5) is 17.1 Å². The third-order valence-corrected chi connectivity index (χ3v) is 4.07. The number of nitriles is 1. The lowest BCUT2D eigenvalue weighted by Gasteiger charge is -2.15. The molecular weight excluding hydrogens is 352 g/mol. The molecule has 3 N–H and O–H groups in total. The van der Waals surface area contributed by atoms with Crippen LogP contribution in [0.2, 0.25) is 0 Å². The zero-order valence-corrected chi connectivity index (χ0v) is 17.0. The van der Waals surface area contributed by atoms with Crippen molar-refractivity contribution in [3.8, 4) is 17.6 Å². The maximum absolute atomic E-state index is 9.62. The molecule has 0 aliphatic rings. The van der Waals surface area contributed by atoms with Gasteiger partial charge in [0.25, 0.3) is 0 Å². The highest BCUT2D eigenvalue weighted by Gasteiger charge is 2.15. The number of hydrogen-bond acceptors (Lipinski definition) is 6. The highest BCUT2D eigenvalue weighted by molar-refractivity contribution is 5.99. The van der Waals surface area contributed by atoms with Gasteiger partial charge in [-0.15, -0.1) is 0 Å². The molecule has 0 aliphatic heterocycles. The number of fused-ring (bicyclic) bond motifs is 1. The number of benzene rings is 2. The van der Waals surface area contributed by atoms with E-state index in [0.29, 0.717) is 35.0 Å². The van der Waals surface area contributed by atoms with Crippen LogP contribution >= 0.6 is 0 Å². The molecule has 1 heterocycles. The van der Waals surface area contributed by atoms with Crippen LogP contribution in [0, 0.1) is 18.3 Å². The first-order valence-corrected chi connectivity index (χ1v) is 9.25. The number of pyridine rings is 1. The lowest BCUT2D eigenvalue weighted by atomic mass is 10.1. The van der Waals surface area contributed by atoms with Crippen molar-refractivity contribution in [1.29, 1.82) is 5.26 Å². The SMILES string of the molecule is CC.CCOc1cc2nc(C)c(C#N)c(Nc3ccc(OC)cc3)c2cc1N. The molecule has 6 heteroatoms. The Morgan fingerprint density at radius 1 is 1.18 bits per heavy atom. The summed E-state index contributed by atoms with van der Waals surface area (Å²) in [6.45, 7) is 8.23. The van der Waals surface area contributed by atoms with Gasteiger partial charge in [0.05, 0.1) is 41.9 Å². The second-order valence-electron chi connectivity index (χ2n) is 5.75. The molecule has 3 aromatic rings. The van der Waals surface area contributed by atoms with Crippen LogP contribution in [0.3, 0.4) is 0 Å². The number of aromatic nitrogens is 1. The summed E-state index contributed by atoms with van der Waals surface area (Å²) in [6.07, 6.45) is 0. The molecule has 0 atom stereocenters. The predicted octanol–water partition coefficient (Wildman–Crippen LogP) is 5.17. The van der Waals surface area contributed by atoms with Crippen molar-refractivity contribution in [1.82, 2.24) is 4.98 Å². The molecule has 0 saturated heterocycles. The van der Waals surface area contributed by atoms with Gasteiger partial charge in [0, 0.05) is 17.1 Å². The molecule has 28 heavy (non-hydrogen) atoms. The monoisotopic (exact) mass is 378 g/mol.